The Morgan fingerprint density at radius 2 is 1.96 bits per heavy atom. The van der Waals surface area contributed by atoms with Crippen LogP contribution in [0.1, 0.15) is 16.1 Å². The lowest BCUT2D eigenvalue weighted by atomic mass is 10.2. The highest BCUT2D eigenvalue weighted by Gasteiger charge is 2.19. The van der Waals surface area contributed by atoms with Gasteiger partial charge in [-0.3, -0.25) is 9.78 Å². The smallest absolute Gasteiger partial charge is 0.273 e. The largest absolute Gasteiger partial charge is 0.480 e. The first-order chi connectivity index (χ1) is 12.0. The van der Waals surface area contributed by atoms with Crippen molar-refractivity contribution in [2.24, 2.45) is 0 Å². The Hall–Kier alpha value is -3.29. The van der Waals surface area contributed by atoms with Crippen LogP contribution in [0.2, 0.25) is 0 Å². The number of hydrogen-bond donors (Lipinski definition) is 0. The van der Waals surface area contributed by atoms with Crippen molar-refractivity contribution >= 4 is 5.91 Å². The number of nitrogens with zero attached hydrogens (tertiary/aromatic N) is 6. The molecule has 3 aromatic rings. The molecule has 0 spiro atoms. The van der Waals surface area contributed by atoms with E-state index < -0.39 is 0 Å². The summed E-state index contributed by atoms with van der Waals surface area (Å²) >= 11 is 0. The van der Waals surface area contributed by atoms with Crippen LogP contribution in [0.25, 0.3) is 17.2 Å². The van der Waals surface area contributed by atoms with Crippen molar-refractivity contribution in [3.05, 3.63) is 47.8 Å². The van der Waals surface area contributed by atoms with Gasteiger partial charge in [0.05, 0.1) is 18.5 Å². The molecule has 1 amide bonds. The zero-order valence-electron chi connectivity index (χ0n) is 14.5. The highest BCUT2D eigenvalue weighted by Crippen LogP contribution is 2.22. The van der Waals surface area contributed by atoms with E-state index in [0.29, 0.717) is 28.8 Å². The van der Waals surface area contributed by atoms with Crippen LogP contribution < -0.4 is 4.74 Å². The van der Waals surface area contributed by atoms with Crippen LogP contribution in [0, 0.1) is 6.92 Å². The van der Waals surface area contributed by atoms with Crippen molar-refractivity contribution < 1.29 is 9.53 Å². The molecule has 128 valence electrons. The van der Waals surface area contributed by atoms with Gasteiger partial charge in [0.25, 0.3) is 5.91 Å². The van der Waals surface area contributed by atoms with Gasteiger partial charge in [0.2, 0.25) is 5.88 Å². The molecule has 3 rings (SSSR count). The molecule has 0 N–H and O–H groups in total. The molecular weight excluding hydrogens is 320 g/mol. The van der Waals surface area contributed by atoms with Gasteiger partial charge in [-0.15, -0.1) is 10.2 Å². The summed E-state index contributed by atoms with van der Waals surface area (Å²) in [5, 5.41) is 12.5. The Morgan fingerprint density at radius 1 is 1.16 bits per heavy atom. The van der Waals surface area contributed by atoms with Crippen LogP contribution >= 0.6 is 0 Å². The highest BCUT2D eigenvalue weighted by molar-refractivity contribution is 5.93. The lowest BCUT2D eigenvalue weighted by Gasteiger charge is -2.07. The van der Waals surface area contributed by atoms with Crippen LogP contribution in [-0.2, 0) is 0 Å². The quantitative estimate of drug-likeness (QED) is 0.720. The lowest BCUT2D eigenvalue weighted by molar-refractivity contribution is 0.0821. The Bertz CT molecular complexity index is 885. The van der Waals surface area contributed by atoms with Gasteiger partial charge in [0.15, 0.2) is 11.5 Å². The summed E-state index contributed by atoms with van der Waals surface area (Å²) in [6.45, 7) is 1.96. The molecule has 0 bridgehead atoms. The van der Waals surface area contributed by atoms with Gasteiger partial charge in [0.1, 0.15) is 0 Å². The number of aryl methyl sites for hydroxylation is 1. The number of rotatable bonds is 4. The van der Waals surface area contributed by atoms with E-state index in [1.807, 2.05) is 19.1 Å². The van der Waals surface area contributed by atoms with Crippen molar-refractivity contribution in [1.82, 2.24) is 29.9 Å². The third-order valence-electron chi connectivity index (χ3n) is 3.56. The second kappa shape index (κ2) is 6.68. The van der Waals surface area contributed by atoms with Crippen molar-refractivity contribution in [3.8, 4) is 23.1 Å². The third kappa shape index (κ3) is 3.32. The first-order valence-electron chi connectivity index (χ1n) is 7.62. The number of aromatic nitrogens is 5. The van der Waals surface area contributed by atoms with Crippen LogP contribution in [0.4, 0.5) is 0 Å². The van der Waals surface area contributed by atoms with E-state index >= 15 is 0 Å². The van der Waals surface area contributed by atoms with Gasteiger partial charge < -0.3 is 9.64 Å². The predicted octanol–water partition coefficient (Wildman–Crippen LogP) is 1.74. The minimum absolute atomic E-state index is 0.200. The Balaban J connectivity index is 2.13. The first-order valence-corrected chi connectivity index (χ1v) is 7.62. The summed E-state index contributed by atoms with van der Waals surface area (Å²) in [5.41, 5.74) is 2.70. The molecular formula is C17H18N6O2. The summed E-state index contributed by atoms with van der Waals surface area (Å²) in [5.74, 6) is 0.667. The molecule has 3 heterocycles. The van der Waals surface area contributed by atoms with Gasteiger partial charge in [-0.2, -0.15) is 5.10 Å². The van der Waals surface area contributed by atoms with Crippen LogP contribution in [-0.4, -0.2) is 57.0 Å². The molecule has 3 aromatic heterocycles. The van der Waals surface area contributed by atoms with Gasteiger partial charge in [0, 0.05) is 26.4 Å². The molecule has 0 aromatic carbocycles. The summed E-state index contributed by atoms with van der Waals surface area (Å²) in [6, 6.07) is 8.94. The molecule has 8 heteroatoms. The van der Waals surface area contributed by atoms with Crippen molar-refractivity contribution in [3.63, 3.8) is 0 Å². The first kappa shape index (κ1) is 16.6. The normalized spacial score (nSPS) is 10.6. The van der Waals surface area contributed by atoms with Crippen LogP contribution in [0.5, 0.6) is 5.88 Å². The number of carbonyl (C=O) groups is 1. The highest BCUT2D eigenvalue weighted by atomic mass is 16.5. The fourth-order valence-corrected chi connectivity index (χ4v) is 2.23. The number of carbonyl (C=O) groups excluding carboxylic acids is 1. The summed E-state index contributed by atoms with van der Waals surface area (Å²) < 4.78 is 6.59. The van der Waals surface area contributed by atoms with E-state index in [1.165, 1.54) is 12.0 Å². The topological polar surface area (TPSA) is 86.0 Å². The molecule has 0 aliphatic carbocycles. The lowest BCUT2D eigenvalue weighted by Crippen LogP contribution is -2.22. The van der Waals surface area contributed by atoms with Crippen molar-refractivity contribution in [1.29, 1.82) is 0 Å². The van der Waals surface area contributed by atoms with E-state index in [1.54, 1.807) is 43.2 Å². The number of hydrogen-bond acceptors (Lipinski definition) is 6. The van der Waals surface area contributed by atoms with E-state index in [2.05, 4.69) is 20.3 Å². The van der Waals surface area contributed by atoms with Gasteiger partial charge in [-0.25, -0.2) is 4.68 Å². The number of pyridine rings is 1. The van der Waals surface area contributed by atoms with Gasteiger partial charge in [-0.1, -0.05) is 6.07 Å². The average molecular weight is 338 g/mol. The molecule has 0 aliphatic heterocycles. The van der Waals surface area contributed by atoms with E-state index in [9.17, 15) is 4.79 Å². The molecule has 0 aliphatic rings. The van der Waals surface area contributed by atoms with Crippen molar-refractivity contribution in [2.45, 2.75) is 6.92 Å². The molecule has 8 nitrogen and oxygen atoms in total. The number of amides is 1. The van der Waals surface area contributed by atoms with E-state index in [0.717, 1.165) is 5.56 Å². The molecule has 0 fully saturated rings. The SMILES string of the molecule is COc1ccc(-n2nc(C(=O)N(C)C)cc2-c2ccc(C)cn2)nn1. The van der Waals surface area contributed by atoms with Crippen LogP contribution in [0.15, 0.2) is 36.5 Å². The summed E-state index contributed by atoms with van der Waals surface area (Å²) in [6.07, 6.45) is 1.76. The maximum absolute atomic E-state index is 12.3. The molecule has 0 radical (unpaired) electrons. The molecule has 0 saturated heterocycles. The molecule has 25 heavy (non-hydrogen) atoms. The minimum atomic E-state index is -0.200. The molecule has 0 saturated carbocycles. The van der Waals surface area contributed by atoms with Gasteiger partial charge in [-0.05, 0) is 30.7 Å². The predicted molar refractivity (Wildman–Crippen MR) is 91.7 cm³/mol. The zero-order valence-corrected chi connectivity index (χ0v) is 14.5. The summed E-state index contributed by atoms with van der Waals surface area (Å²) in [7, 11) is 4.88. The van der Waals surface area contributed by atoms with E-state index in [4.69, 9.17) is 4.74 Å². The van der Waals surface area contributed by atoms with E-state index in [-0.39, 0.29) is 5.91 Å². The second-order valence-electron chi connectivity index (χ2n) is 5.68. The Labute approximate surface area is 145 Å². The Morgan fingerprint density at radius 3 is 2.52 bits per heavy atom. The average Bonchev–Trinajstić information content (AvgIpc) is 3.07. The second-order valence-corrected chi connectivity index (χ2v) is 5.68. The van der Waals surface area contributed by atoms with Crippen molar-refractivity contribution in [2.75, 3.05) is 21.2 Å². The molecule has 0 unspecified atom stereocenters. The van der Waals surface area contributed by atoms with Gasteiger partial charge >= 0.3 is 0 Å². The monoisotopic (exact) mass is 338 g/mol. The molecule has 0 atom stereocenters. The van der Waals surface area contributed by atoms with Crippen LogP contribution in [0.3, 0.4) is 0 Å². The number of ether oxygens (including phenoxy) is 1. The third-order valence-corrected chi connectivity index (χ3v) is 3.56. The minimum Gasteiger partial charge on any atom is -0.480 e. The summed E-state index contributed by atoms with van der Waals surface area (Å²) in [4.78, 5) is 18.2. The fourth-order valence-electron chi connectivity index (χ4n) is 2.23. The number of methoxy groups -OCH3 is 1. The maximum Gasteiger partial charge on any atom is 0.273 e. The zero-order chi connectivity index (χ0) is 18.0. The Kier molecular flexibility index (Phi) is 4.42. The fraction of sp³-hybridized carbons (Fsp3) is 0.235. The maximum atomic E-state index is 12.3. The standard InChI is InChI=1S/C17H18N6O2/c1-11-5-6-12(18-10-11)14-9-13(17(24)22(2)3)21-23(14)15-7-8-16(25-4)20-19-15/h5-10H,1-4H3.